The molecule has 0 aliphatic rings. The molecule has 130 valence electrons. The molecule has 1 N–H and O–H groups in total. The molecule has 2 heterocycles. The third-order valence-electron chi connectivity index (χ3n) is 3.63. The first kappa shape index (κ1) is 17.8. The number of hydrogen-bond acceptors (Lipinski definition) is 4. The zero-order chi connectivity index (χ0) is 17.4. The second kappa shape index (κ2) is 8.96. The highest BCUT2D eigenvalue weighted by Gasteiger charge is 2.19. The van der Waals surface area contributed by atoms with Gasteiger partial charge >= 0.3 is 0 Å². The average Bonchev–Trinajstić information content (AvgIpc) is 3.23. The van der Waals surface area contributed by atoms with Crippen LogP contribution in [0.4, 0.5) is 0 Å². The minimum Gasteiger partial charge on any atom is -0.472 e. The standard InChI is InChI=1S/C18H24N2O4/c1-14(2)5-8-19-17(21)6-9-20(12-16-4-3-10-24-16)18(22)15-7-11-23-13-15/h3-4,7,10-11,13-14H,5-6,8-9,12H2,1-2H3,(H,19,21). The molecule has 0 saturated heterocycles. The number of nitrogens with one attached hydrogen (secondary N) is 1. The number of carbonyl (C=O) groups excluding carboxylic acids is 2. The molecular weight excluding hydrogens is 308 g/mol. The van der Waals surface area contributed by atoms with Crippen LogP contribution >= 0.6 is 0 Å². The summed E-state index contributed by atoms with van der Waals surface area (Å²) in [4.78, 5) is 26.1. The second-order valence-electron chi connectivity index (χ2n) is 6.10. The van der Waals surface area contributed by atoms with E-state index >= 15 is 0 Å². The Hall–Kier alpha value is -2.50. The molecule has 2 amide bonds. The van der Waals surface area contributed by atoms with Gasteiger partial charge in [0.2, 0.25) is 5.91 Å². The van der Waals surface area contributed by atoms with Gasteiger partial charge in [0.25, 0.3) is 5.91 Å². The highest BCUT2D eigenvalue weighted by molar-refractivity contribution is 5.94. The van der Waals surface area contributed by atoms with E-state index in [4.69, 9.17) is 8.83 Å². The van der Waals surface area contributed by atoms with Gasteiger partial charge in [-0.3, -0.25) is 9.59 Å². The number of furan rings is 2. The van der Waals surface area contributed by atoms with Gasteiger partial charge < -0.3 is 19.1 Å². The zero-order valence-corrected chi connectivity index (χ0v) is 14.2. The first-order valence-electron chi connectivity index (χ1n) is 8.17. The molecule has 0 aromatic carbocycles. The molecule has 0 fully saturated rings. The maximum Gasteiger partial charge on any atom is 0.257 e. The molecule has 0 saturated carbocycles. The largest absolute Gasteiger partial charge is 0.472 e. The molecule has 6 nitrogen and oxygen atoms in total. The number of hydrogen-bond donors (Lipinski definition) is 1. The summed E-state index contributed by atoms with van der Waals surface area (Å²) >= 11 is 0. The molecule has 0 bridgehead atoms. The monoisotopic (exact) mass is 332 g/mol. The van der Waals surface area contributed by atoms with Crippen molar-refractivity contribution in [3.05, 3.63) is 48.3 Å². The highest BCUT2D eigenvalue weighted by Crippen LogP contribution is 2.12. The number of carbonyl (C=O) groups is 2. The predicted molar refractivity (Wildman–Crippen MR) is 89.2 cm³/mol. The smallest absolute Gasteiger partial charge is 0.257 e. The van der Waals surface area contributed by atoms with E-state index in [0.29, 0.717) is 36.9 Å². The van der Waals surface area contributed by atoms with Gasteiger partial charge in [-0.25, -0.2) is 0 Å². The van der Waals surface area contributed by atoms with E-state index in [1.807, 2.05) is 0 Å². The molecule has 2 rings (SSSR count). The summed E-state index contributed by atoms with van der Waals surface area (Å²) < 4.78 is 10.3. The van der Waals surface area contributed by atoms with E-state index in [0.717, 1.165) is 6.42 Å². The topological polar surface area (TPSA) is 75.7 Å². The fraction of sp³-hybridized carbons (Fsp3) is 0.444. The number of rotatable bonds is 9. The lowest BCUT2D eigenvalue weighted by Gasteiger charge is -2.21. The van der Waals surface area contributed by atoms with Crippen LogP contribution in [0.25, 0.3) is 0 Å². The van der Waals surface area contributed by atoms with Crippen LogP contribution in [0.5, 0.6) is 0 Å². The fourth-order valence-electron chi connectivity index (χ4n) is 2.24. The molecular formula is C18H24N2O4. The Labute approximate surface area is 141 Å². The van der Waals surface area contributed by atoms with Crippen molar-refractivity contribution in [1.82, 2.24) is 10.2 Å². The van der Waals surface area contributed by atoms with Crippen molar-refractivity contribution < 1.29 is 18.4 Å². The van der Waals surface area contributed by atoms with Crippen LogP contribution < -0.4 is 5.32 Å². The summed E-state index contributed by atoms with van der Waals surface area (Å²) in [5.41, 5.74) is 0.460. The van der Waals surface area contributed by atoms with Crippen LogP contribution in [0.2, 0.25) is 0 Å². The summed E-state index contributed by atoms with van der Waals surface area (Å²) in [7, 11) is 0. The molecule has 6 heteroatoms. The molecule has 0 unspecified atom stereocenters. The Morgan fingerprint density at radius 2 is 2.08 bits per heavy atom. The van der Waals surface area contributed by atoms with E-state index in [2.05, 4.69) is 19.2 Å². The lowest BCUT2D eigenvalue weighted by atomic mass is 10.1. The maximum atomic E-state index is 12.5. The highest BCUT2D eigenvalue weighted by atomic mass is 16.3. The Balaban J connectivity index is 1.90. The molecule has 2 aromatic rings. The number of nitrogens with zero attached hydrogens (tertiary/aromatic N) is 1. The van der Waals surface area contributed by atoms with Crippen molar-refractivity contribution >= 4 is 11.8 Å². The van der Waals surface area contributed by atoms with Gasteiger partial charge in [0.15, 0.2) is 0 Å². The molecule has 0 spiro atoms. The molecule has 0 aliphatic heterocycles. The van der Waals surface area contributed by atoms with Gasteiger partial charge in [-0.2, -0.15) is 0 Å². The summed E-state index contributed by atoms with van der Waals surface area (Å²) in [6.07, 6.45) is 5.61. The van der Waals surface area contributed by atoms with Gasteiger partial charge in [0.1, 0.15) is 12.0 Å². The average molecular weight is 332 g/mol. The van der Waals surface area contributed by atoms with Crippen LogP contribution in [0.15, 0.2) is 45.8 Å². The van der Waals surface area contributed by atoms with Crippen molar-refractivity contribution in [1.29, 1.82) is 0 Å². The van der Waals surface area contributed by atoms with Gasteiger partial charge in [-0.1, -0.05) is 13.8 Å². The minimum atomic E-state index is -0.185. The van der Waals surface area contributed by atoms with Crippen LogP contribution in [-0.2, 0) is 11.3 Å². The third-order valence-corrected chi connectivity index (χ3v) is 3.63. The first-order valence-corrected chi connectivity index (χ1v) is 8.17. The first-order chi connectivity index (χ1) is 11.6. The fourth-order valence-corrected chi connectivity index (χ4v) is 2.24. The van der Waals surface area contributed by atoms with E-state index in [9.17, 15) is 9.59 Å². The number of amides is 2. The van der Waals surface area contributed by atoms with E-state index in [-0.39, 0.29) is 18.2 Å². The van der Waals surface area contributed by atoms with Crippen molar-refractivity contribution in [3.63, 3.8) is 0 Å². The molecule has 2 aromatic heterocycles. The summed E-state index contributed by atoms with van der Waals surface area (Å²) in [5.74, 6) is 0.977. The van der Waals surface area contributed by atoms with Gasteiger partial charge in [-0.05, 0) is 30.5 Å². The SMILES string of the molecule is CC(C)CCNC(=O)CCN(Cc1ccco1)C(=O)c1ccoc1. The molecule has 24 heavy (non-hydrogen) atoms. The summed E-state index contributed by atoms with van der Waals surface area (Å²) in [6, 6.07) is 5.19. The van der Waals surface area contributed by atoms with E-state index < -0.39 is 0 Å². The third kappa shape index (κ3) is 5.61. The second-order valence-corrected chi connectivity index (χ2v) is 6.10. The summed E-state index contributed by atoms with van der Waals surface area (Å²) in [6.45, 7) is 5.51. The van der Waals surface area contributed by atoms with Crippen LogP contribution in [-0.4, -0.2) is 29.8 Å². The van der Waals surface area contributed by atoms with Crippen molar-refractivity contribution in [2.45, 2.75) is 33.2 Å². The van der Waals surface area contributed by atoms with Gasteiger partial charge in [0, 0.05) is 19.5 Å². The van der Waals surface area contributed by atoms with E-state index in [1.54, 1.807) is 29.4 Å². The summed E-state index contributed by atoms with van der Waals surface area (Å²) in [5, 5.41) is 2.88. The molecule has 0 aliphatic carbocycles. The molecule has 0 atom stereocenters. The minimum absolute atomic E-state index is 0.0555. The Bertz CT molecular complexity index is 618. The maximum absolute atomic E-state index is 12.5. The predicted octanol–water partition coefficient (Wildman–Crippen LogP) is 3.07. The van der Waals surface area contributed by atoms with Crippen molar-refractivity contribution in [3.8, 4) is 0 Å². The van der Waals surface area contributed by atoms with Crippen LogP contribution in [0, 0.1) is 5.92 Å². The van der Waals surface area contributed by atoms with Gasteiger partial charge in [-0.15, -0.1) is 0 Å². The Morgan fingerprint density at radius 3 is 2.71 bits per heavy atom. The molecule has 0 radical (unpaired) electrons. The lowest BCUT2D eigenvalue weighted by molar-refractivity contribution is -0.121. The normalized spacial score (nSPS) is 10.8. The Morgan fingerprint density at radius 1 is 1.25 bits per heavy atom. The lowest BCUT2D eigenvalue weighted by Crippen LogP contribution is -2.35. The van der Waals surface area contributed by atoms with Crippen LogP contribution in [0.3, 0.4) is 0 Å². The quantitative estimate of drug-likeness (QED) is 0.766. The Kier molecular flexibility index (Phi) is 6.66. The zero-order valence-electron chi connectivity index (χ0n) is 14.2. The van der Waals surface area contributed by atoms with Crippen molar-refractivity contribution in [2.75, 3.05) is 13.1 Å². The van der Waals surface area contributed by atoms with Crippen LogP contribution in [0.1, 0.15) is 42.8 Å². The van der Waals surface area contributed by atoms with Crippen molar-refractivity contribution in [2.24, 2.45) is 5.92 Å². The van der Waals surface area contributed by atoms with E-state index in [1.165, 1.54) is 12.5 Å². The van der Waals surface area contributed by atoms with Gasteiger partial charge in [0.05, 0.1) is 24.6 Å².